The Hall–Kier alpha value is -1.92. The number of allylic oxidation sites excluding steroid dienone is 6. The number of aliphatic hydroxyl groups is 2. The van der Waals surface area contributed by atoms with Gasteiger partial charge in [0.05, 0.1) is 25.4 Å². The van der Waals surface area contributed by atoms with E-state index in [9.17, 15) is 19.8 Å². The molecule has 0 spiro atoms. The topological polar surface area (TPSA) is 95.9 Å². The van der Waals surface area contributed by atoms with Crippen molar-refractivity contribution in [2.45, 2.75) is 328 Å². The van der Waals surface area contributed by atoms with Gasteiger partial charge in [0, 0.05) is 12.8 Å². The van der Waals surface area contributed by atoms with Crippen LogP contribution in [0, 0.1) is 0 Å². The highest BCUT2D eigenvalue weighted by atomic mass is 16.5. The van der Waals surface area contributed by atoms with Crippen LogP contribution in [0.1, 0.15) is 316 Å². The molecule has 6 heteroatoms. The van der Waals surface area contributed by atoms with Crippen LogP contribution >= 0.6 is 0 Å². The van der Waals surface area contributed by atoms with E-state index in [4.69, 9.17) is 4.74 Å². The highest BCUT2D eigenvalue weighted by Gasteiger charge is 2.20. The van der Waals surface area contributed by atoms with E-state index >= 15 is 0 Å². The second-order valence-electron chi connectivity index (χ2n) is 20.3. The third-order valence-corrected chi connectivity index (χ3v) is 13.7. The first-order valence-electron chi connectivity index (χ1n) is 29.7. The van der Waals surface area contributed by atoms with Gasteiger partial charge in [0.2, 0.25) is 5.91 Å². The van der Waals surface area contributed by atoms with Gasteiger partial charge in [-0.25, -0.2) is 0 Å². The molecule has 6 nitrogen and oxygen atoms in total. The average molecular weight is 943 g/mol. The zero-order chi connectivity index (χ0) is 48.6. The molecular formula is C61H115NO5. The number of aliphatic hydroxyl groups excluding tert-OH is 2. The predicted octanol–water partition coefficient (Wildman–Crippen LogP) is 18.4. The smallest absolute Gasteiger partial charge is 0.305 e. The number of esters is 1. The Bertz CT molecular complexity index is 1090. The summed E-state index contributed by atoms with van der Waals surface area (Å²) in [5.41, 5.74) is 0. The van der Waals surface area contributed by atoms with Gasteiger partial charge in [-0.2, -0.15) is 0 Å². The molecule has 0 saturated heterocycles. The molecule has 0 bridgehead atoms. The van der Waals surface area contributed by atoms with E-state index in [1.54, 1.807) is 0 Å². The monoisotopic (exact) mass is 942 g/mol. The molecule has 0 radical (unpaired) electrons. The number of carbonyl (C=O) groups is 2. The van der Waals surface area contributed by atoms with Gasteiger partial charge >= 0.3 is 5.97 Å². The highest BCUT2D eigenvalue weighted by molar-refractivity contribution is 5.76. The summed E-state index contributed by atoms with van der Waals surface area (Å²) in [6.45, 7) is 4.90. The van der Waals surface area contributed by atoms with E-state index in [1.807, 2.05) is 0 Å². The van der Waals surface area contributed by atoms with Crippen molar-refractivity contribution in [3.63, 3.8) is 0 Å². The molecule has 0 aliphatic heterocycles. The molecule has 0 aliphatic carbocycles. The Morgan fingerprint density at radius 3 is 1.19 bits per heavy atom. The number of rotatable bonds is 55. The van der Waals surface area contributed by atoms with E-state index in [2.05, 4.69) is 55.6 Å². The Morgan fingerprint density at radius 2 is 0.761 bits per heavy atom. The zero-order valence-corrected chi connectivity index (χ0v) is 44.9. The van der Waals surface area contributed by atoms with Crippen LogP contribution in [0.25, 0.3) is 0 Å². The van der Waals surface area contributed by atoms with Gasteiger partial charge < -0.3 is 20.3 Å². The first-order valence-corrected chi connectivity index (χ1v) is 29.7. The molecule has 1 amide bonds. The summed E-state index contributed by atoms with van der Waals surface area (Å²) in [7, 11) is 0. The Morgan fingerprint density at radius 1 is 0.418 bits per heavy atom. The molecule has 3 N–H and O–H groups in total. The van der Waals surface area contributed by atoms with Gasteiger partial charge in [-0.1, -0.05) is 262 Å². The first-order chi connectivity index (χ1) is 33.0. The van der Waals surface area contributed by atoms with Gasteiger partial charge in [-0.05, 0) is 77.0 Å². The van der Waals surface area contributed by atoms with Crippen molar-refractivity contribution < 1.29 is 24.5 Å². The van der Waals surface area contributed by atoms with Crippen molar-refractivity contribution in [2.24, 2.45) is 0 Å². The van der Waals surface area contributed by atoms with Crippen LogP contribution in [0.2, 0.25) is 0 Å². The van der Waals surface area contributed by atoms with Crippen molar-refractivity contribution in [1.82, 2.24) is 5.32 Å². The highest BCUT2D eigenvalue weighted by Crippen LogP contribution is 2.17. The number of hydrogen-bond acceptors (Lipinski definition) is 5. The molecule has 0 saturated carbocycles. The van der Waals surface area contributed by atoms with Crippen molar-refractivity contribution in [2.75, 3.05) is 13.2 Å². The molecule has 0 fully saturated rings. The van der Waals surface area contributed by atoms with Crippen LogP contribution in [0.5, 0.6) is 0 Å². The van der Waals surface area contributed by atoms with Gasteiger partial charge in [0.1, 0.15) is 0 Å². The standard InChI is InChI=1S/C61H115NO5/c1-3-5-7-9-11-13-34-39-43-47-51-55-61(66)67-56-52-48-44-40-36-33-31-29-27-25-23-21-19-17-15-16-18-20-22-24-26-28-30-32-35-38-42-46-50-54-60(65)62-58(57-63)59(64)53-49-45-41-37-14-12-10-8-6-4-2/h9,11,15,17,21,23,58-59,63-64H,3-8,10,12-14,16,18-20,22,24-57H2,1-2H3,(H,62,65)/b11-9-,17-15-,23-21-. The summed E-state index contributed by atoms with van der Waals surface area (Å²) in [4.78, 5) is 24.4. The summed E-state index contributed by atoms with van der Waals surface area (Å²) < 4.78 is 5.45. The first kappa shape index (κ1) is 65.1. The molecule has 0 rings (SSSR count). The predicted molar refractivity (Wildman–Crippen MR) is 292 cm³/mol. The maximum Gasteiger partial charge on any atom is 0.305 e. The normalized spacial score (nSPS) is 12.8. The van der Waals surface area contributed by atoms with E-state index < -0.39 is 12.1 Å². The van der Waals surface area contributed by atoms with Crippen molar-refractivity contribution in [3.05, 3.63) is 36.5 Å². The maximum absolute atomic E-state index is 12.4. The number of unbranched alkanes of at least 4 members (excludes halogenated alkanes) is 38. The quantitative estimate of drug-likeness (QED) is 0.0321. The fourth-order valence-corrected chi connectivity index (χ4v) is 9.06. The van der Waals surface area contributed by atoms with E-state index in [0.29, 0.717) is 25.9 Å². The third kappa shape index (κ3) is 53.3. The van der Waals surface area contributed by atoms with Crippen molar-refractivity contribution in [1.29, 1.82) is 0 Å². The maximum atomic E-state index is 12.4. The van der Waals surface area contributed by atoms with Gasteiger partial charge in [0.15, 0.2) is 0 Å². The number of amides is 1. The lowest BCUT2D eigenvalue weighted by molar-refractivity contribution is -0.143. The molecule has 0 aliphatic rings. The molecule has 394 valence electrons. The largest absolute Gasteiger partial charge is 0.466 e. The van der Waals surface area contributed by atoms with Gasteiger partial charge in [-0.3, -0.25) is 9.59 Å². The van der Waals surface area contributed by atoms with Crippen LogP contribution in [0.4, 0.5) is 0 Å². The minimum absolute atomic E-state index is 0.000532. The minimum Gasteiger partial charge on any atom is -0.466 e. The summed E-state index contributed by atoms with van der Waals surface area (Å²) in [6, 6.07) is -0.540. The lowest BCUT2D eigenvalue weighted by Gasteiger charge is -2.22. The number of nitrogens with one attached hydrogen (secondary N) is 1. The summed E-state index contributed by atoms with van der Waals surface area (Å²) in [5, 5.41) is 23.1. The molecule has 67 heavy (non-hydrogen) atoms. The fraction of sp³-hybridized carbons (Fsp3) is 0.869. The van der Waals surface area contributed by atoms with Crippen LogP contribution in [0.15, 0.2) is 36.5 Å². The van der Waals surface area contributed by atoms with E-state index in [-0.39, 0.29) is 18.5 Å². The minimum atomic E-state index is -0.663. The zero-order valence-electron chi connectivity index (χ0n) is 44.9. The lowest BCUT2D eigenvalue weighted by atomic mass is 10.0. The number of carbonyl (C=O) groups excluding carboxylic acids is 2. The molecule has 0 aromatic carbocycles. The number of ether oxygens (including phenoxy) is 1. The van der Waals surface area contributed by atoms with E-state index in [0.717, 1.165) is 51.4 Å². The third-order valence-electron chi connectivity index (χ3n) is 13.7. The summed E-state index contributed by atoms with van der Waals surface area (Å²) >= 11 is 0. The molecular weight excluding hydrogens is 827 g/mol. The van der Waals surface area contributed by atoms with Crippen LogP contribution in [-0.2, 0) is 14.3 Å². The summed E-state index contributed by atoms with van der Waals surface area (Å²) in [6.07, 6.45) is 70.2. The number of hydrogen-bond donors (Lipinski definition) is 3. The van der Waals surface area contributed by atoms with Gasteiger partial charge in [0.25, 0.3) is 0 Å². The average Bonchev–Trinajstić information content (AvgIpc) is 3.33. The van der Waals surface area contributed by atoms with Crippen LogP contribution in [-0.4, -0.2) is 47.4 Å². The lowest BCUT2D eigenvalue weighted by Crippen LogP contribution is -2.45. The van der Waals surface area contributed by atoms with Crippen molar-refractivity contribution >= 4 is 11.9 Å². The van der Waals surface area contributed by atoms with Crippen LogP contribution in [0.3, 0.4) is 0 Å². The molecule has 2 atom stereocenters. The molecule has 0 aromatic heterocycles. The van der Waals surface area contributed by atoms with Crippen molar-refractivity contribution in [3.8, 4) is 0 Å². The second-order valence-corrected chi connectivity index (χ2v) is 20.3. The Labute approximate surface area is 417 Å². The Balaban J connectivity index is 3.39. The fourth-order valence-electron chi connectivity index (χ4n) is 9.06. The SMILES string of the molecule is CCCC/C=C\CCCCCCCC(=O)OCCCCCCCCCCC/C=C\C/C=C\CCCCCCCCCCCCCCCC(=O)NC(CO)C(O)CCCCCCCCCCCC. The molecule has 0 heterocycles. The Kier molecular flexibility index (Phi) is 55.0. The van der Waals surface area contributed by atoms with Gasteiger partial charge in [-0.15, -0.1) is 0 Å². The molecule has 2 unspecified atom stereocenters. The van der Waals surface area contributed by atoms with Crippen LogP contribution < -0.4 is 5.32 Å². The van der Waals surface area contributed by atoms with E-state index in [1.165, 1.54) is 231 Å². The molecule has 0 aromatic rings. The summed E-state index contributed by atoms with van der Waals surface area (Å²) in [5.74, 6) is -0.0368. The second kappa shape index (κ2) is 56.7.